The van der Waals surface area contributed by atoms with Gasteiger partial charge in [0.1, 0.15) is 5.76 Å². The van der Waals surface area contributed by atoms with Crippen LogP contribution in [0.2, 0.25) is 0 Å². The Morgan fingerprint density at radius 3 is 2.68 bits per heavy atom. The molecule has 2 nitrogen and oxygen atoms in total. The summed E-state index contributed by atoms with van der Waals surface area (Å²) in [6.07, 6.45) is 18.3. The van der Waals surface area contributed by atoms with E-state index in [1.54, 1.807) is 11.1 Å². The van der Waals surface area contributed by atoms with Gasteiger partial charge in [0.25, 0.3) is 0 Å². The monoisotopic (exact) mass is 384 g/mol. The van der Waals surface area contributed by atoms with Crippen molar-refractivity contribution in [2.75, 3.05) is 6.61 Å². The van der Waals surface area contributed by atoms with Gasteiger partial charge in [-0.1, -0.05) is 39.2 Å². The van der Waals surface area contributed by atoms with Gasteiger partial charge in [-0.15, -0.1) is 0 Å². The predicted molar refractivity (Wildman–Crippen MR) is 114 cm³/mol. The van der Waals surface area contributed by atoms with E-state index in [0.29, 0.717) is 10.8 Å². The predicted octanol–water partition coefficient (Wildman–Crippen LogP) is 7.16. The minimum Gasteiger partial charge on any atom is -0.465 e. The Morgan fingerprint density at radius 1 is 1.00 bits per heavy atom. The van der Waals surface area contributed by atoms with E-state index in [2.05, 4.69) is 26.8 Å². The summed E-state index contributed by atoms with van der Waals surface area (Å²) in [5.41, 5.74) is 4.25. The highest BCUT2D eigenvalue weighted by atomic mass is 16.7. The molecule has 4 aliphatic carbocycles. The maximum Gasteiger partial charge on any atom is 0.199 e. The van der Waals surface area contributed by atoms with E-state index in [1.807, 2.05) is 0 Å². The van der Waals surface area contributed by atoms with Gasteiger partial charge in [-0.25, -0.2) is 0 Å². The molecule has 0 N–H and O–H groups in total. The number of hydrogen-bond acceptors (Lipinski definition) is 2. The molecule has 0 aromatic rings. The molecule has 3 saturated carbocycles. The molecular weight excluding hydrogens is 344 g/mol. The maximum absolute atomic E-state index is 6.63. The van der Waals surface area contributed by atoms with Crippen LogP contribution in [0.25, 0.3) is 0 Å². The van der Waals surface area contributed by atoms with Crippen molar-refractivity contribution in [3.05, 3.63) is 23.0 Å². The van der Waals surface area contributed by atoms with Crippen molar-refractivity contribution in [1.82, 2.24) is 0 Å². The second kappa shape index (κ2) is 7.18. The first-order chi connectivity index (χ1) is 13.6. The number of fused-ring (bicyclic) bond motifs is 5. The van der Waals surface area contributed by atoms with Crippen LogP contribution in [0, 0.1) is 28.6 Å². The molecule has 0 aromatic heterocycles. The van der Waals surface area contributed by atoms with Crippen LogP contribution >= 0.6 is 0 Å². The standard InChI is InChI=1S/C26H40O2/c1-4-18-11-12-20-19-17-23(28-24-10-6-8-16-27-24)22-9-5-7-14-26(22,3)21(19)13-15-25(18,20)2/h17-18,20-21,24H,4-16H2,1-3H3/t18-,20-,21-,24?,25+,26+/m0/s1. The molecule has 156 valence electrons. The summed E-state index contributed by atoms with van der Waals surface area (Å²) < 4.78 is 12.6. The molecule has 1 heterocycles. The smallest absolute Gasteiger partial charge is 0.199 e. The van der Waals surface area contributed by atoms with E-state index in [-0.39, 0.29) is 6.29 Å². The summed E-state index contributed by atoms with van der Waals surface area (Å²) in [4.78, 5) is 0. The van der Waals surface area contributed by atoms with E-state index in [9.17, 15) is 0 Å². The van der Waals surface area contributed by atoms with Gasteiger partial charge in [-0.3, -0.25) is 0 Å². The van der Waals surface area contributed by atoms with Crippen molar-refractivity contribution in [2.45, 2.75) is 104 Å². The Labute approximate surface area is 172 Å². The number of hydrogen-bond donors (Lipinski definition) is 0. The van der Waals surface area contributed by atoms with Crippen molar-refractivity contribution >= 4 is 0 Å². The molecule has 0 radical (unpaired) electrons. The molecule has 0 bridgehead atoms. The van der Waals surface area contributed by atoms with Gasteiger partial charge in [0.05, 0.1) is 6.61 Å². The lowest BCUT2D eigenvalue weighted by Gasteiger charge is -2.55. The number of allylic oxidation sites excluding steroid dienone is 3. The van der Waals surface area contributed by atoms with Crippen LogP contribution in [0.5, 0.6) is 0 Å². The Kier molecular flexibility index (Phi) is 4.93. The minimum absolute atomic E-state index is 0.0160. The summed E-state index contributed by atoms with van der Waals surface area (Å²) in [5, 5.41) is 0. The molecular formula is C26H40O2. The Bertz CT molecular complexity index is 670. The fraction of sp³-hybridized carbons (Fsp3) is 0.846. The van der Waals surface area contributed by atoms with Gasteiger partial charge in [-0.2, -0.15) is 0 Å². The van der Waals surface area contributed by atoms with Crippen molar-refractivity contribution in [1.29, 1.82) is 0 Å². The molecule has 1 saturated heterocycles. The van der Waals surface area contributed by atoms with Gasteiger partial charge < -0.3 is 9.47 Å². The van der Waals surface area contributed by atoms with E-state index < -0.39 is 0 Å². The normalized spacial score (nSPS) is 45.8. The first-order valence-electron chi connectivity index (χ1n) is 12.3. The summed E-state index contributed by atoms with van der Waals surface area (Å²) >= 11 is 0. The Morgan fingerprint density at radius 2 is 1.89 bits per heavy atom. The summed E-state index contributed by atoms with van der Waals surface area (Å²) in [6.45, 7) is 8.47. The van der Waals surface area contributed by atoms with Gasteiger partial charge in [0, 0.05) is 6.42 Å². The second-order valence-electron chi connectivity index (χ2n) is 10.9. The minimum atomic E-state index is -0.0160. The van der Waals surface area contributed by atoms with Crippen LogP contribution < -0.4 is 0 Å². The van der Waals surface area contributed by atoms with E-state index in [1.165, 1.54) is 76.4 Å². The second-order valence-corrected chi connectivity index (χ2v) is 10.9. The SMILES string of the molecule is CC[C@H]1CC[C@H]2C3=CC(OC4CCCCO4)=C4CCCC[C@]4(C)[C@H]3CC[C@]12C. The van der Waals surface area contributed by atoms with Crippen LogP contribution in [0.15, 0.2) is 23.0 Å². The topological polar surface area (TPSA) is 18.5 Å². The maximum atomic E-state index is 6.63. The van der Waals surface area contributed by atoms with Crippen LogP contribution in [0.3, 0.4) is 0 Å². The van der Waals surface area contributed by atoms with Gasteiger partial charge in [0.15, 0.2) is 6.29 Å². The van der Waals surface area contributed by atoms with Gasteiger partial charge in [-0.05, 0) is 98.0 Å². The summed E-state index contributed by atoms with van der Waals surface area (Å²) in [5.74, 6) is 3.68. The lowest BCUT2D eigenvalue weighted by Crippen LogP contribution is -2.45. The average Bonchev–Trinajstić information content (AvgIpc) is 3.05. The summed E-state index contributed by atoms with van der Waals surface area (Å²) in [7, 11) is 0. The van der Waals surface area contributed by atoms with E-state index in [0.717, 1.165) is 30.8 Å². The van der Waals surface area contributed by atoms with Gasteiger partial charge in [0.2, 0.25) is 0 Å². The molecule has 6 atom stereocenters. The quantitative estimate of drug-likeness (QED) is 0.514. The highest BCUT2D eigenvalue weighted by molar-refractivity contribution is 5.41. The molecule has 2 heteroatoms. The molecule has 0 spiro atoms. The zero-order chi connectivity index (χ0) is 19.4. The van der Waals surface area contributed by atoms with Crippen molar-refractivity contribution in [3.63, 3.8) is 0 Å². The van der Waals surface area contributed by atoms with E-state index in [4.69, 9.17) is 9.47 Å². The molecule has 5 aliphatic rings. The molecule has 4 fully saturated rings. The van der Waals surface area contributed by atoms with Crippen LogP contribution in [-0.2, 0) is 9.47 Å². The first-order valence-corrected chi connectivity index (χ1v) is 12.3. The molecule has 0 amide bonds. The molecule has 1 unspecified atom stereocenters. The first kappa shape index (κ1) is 19.2. The Hall–Kier alpha value is -0.760. The molecule has 5 rings (SSSR count). The zero-order valence-corrected chi connectivity index (χ0v) is 18.4. The van der Waals surface area contributed by atoms with Crippen LogP contribution in [0.1, 0.15) is 97.8 Å². The molecule has 28 heavy (non-hydrogen) atoms. The van der Waals surface area contributed by atoms with Crippen LogP contribution in [-0.4, -0.2) is 12.9 Å². The third-order valence-electron chi connectivity index (χ3n) is 9.62. The fourth-order valence-electron chi connectivity index (χ4n) is 7.97. The molecule has 0 aromatic carbocycles. The largest absolute Gasteiger partial charge is 0.465 e. The van der Waals surface area contributed by atoms with Crippen molar-refractivity contribution < 1.29 is 9.47 Å². The number of rotatable bonds is 3. The third kappa shape index (κ3) is 2.84. The van der Waals surface area contributed by atoms with Crippen molar-refractivity contribution in [3.8, 4) is 0 Å². The highest BCUT2D eigenvalue weighted by Crippen LogP contribution is 2.66. The fourth-order valence-corrected chi connectivity index (χ4v) is 7.97. The average molecular weight is 385 g/mol. The van der Waals surface area contributed by atoms with E-state index >= 15 is 0 Å². The highest BCUT2D eigenvalue weighted by Gasteiger charge is 2.56. The number of ether oxygens (including phenoxy) is 2. The zero-order valence-electron chi connectivity index (χ0n) is 18.4. The lowest BCUT2D eigenvalue weighted by atomic mass is 9.50. The van der Waals surface area contributed by atoms with Crippen LogP contribution in [0.4, 0.5) is 0 Å². The summed E-state index contributed by atoms with van der Waals surface area (Å²) in [6, 6.07) is 0. The Balaban J connectivity index is 1.53. The van der Waals surface area contributed by atoms with Crippen molar-refractivity contribution in [2.24, 2.45) is 28.6 Å². The lowest BCUT2D eigenvalue weighted by molar-refractivity contribution is -0.138. The van der Waals surface area contributed by atoms with Gasteiger partial charge >= 0.3 is 0 Å². The third-order valence-corrected chi connectivity index (χ3v) is 9.62. The molecule has 1 aliphatic heterocycles.